The predicted molar refractivity (Wildman–Crippen MR) is 122 cm³/mol. The Kier molecular flexibility index (Phi) is 5.65. The Balaban J connectivity index is 1.44. The number of carbonyl (C=O) groups excluding carboxylic acids is 1. The van der Waals surface area contributed by atoms with Crippen LogP contribution in [0.2, 0.25) is 0 Å². The molecule has 154 valence electrons. The van der Waals surface area contributed by atoms with Gasteiger partial charge in [0.25, 0.3) is 5.91 Å². The first kappa shape index (κ1) is 19.9. The summed E-state index contributed by atoms with van der Waals surface area (Å²) in [6.45, 7) is 8.00. The van der Waals surface area contributed by atoms with Crippen LogP contribution in [0.1, 0.15) is 40.0 Å². The molecule has 0 aliphatic carbocycles. The standard InChI is InChI=1S/C24H27N5O/c1-16-12-17(2)14-19(13-16)23(30)27-21-8-6-20(7-9-21)26-22-15-18(3)25-24(28-22)29-10-4-5-11-29/h6-9,12-15H,4-5,10-11H2,1-3H3,(H,27,30)(H,25,26,28). The molecule has 1 aliphatic heterocycles. The Hall–Kier alpha value is -3.41. The van der Waals surface area contributed by atoms with E-state index in [1.165, 1.54) is 12.8 Å². The van der Waals surface area contributed by atoms with Gasteiger partial charge in [0.1, 0.15) is 5.82 Å². The Morgan fingerprint density at radius 3 is 2.17 bits per heavy atom. The molecule has 1 aliphatic rings. The normalized spacial score (nSPS) is 13.4. The third-order valence-corrected chi connectivity index (χ3v) is 5.13. The highest BCUT2D eigenvalue weighted by atomic mass is 16.1. The molecular formula is C24H27N5O. The predicted octanol–water partition coefficient (Wildman–Crippen LogP) is 5.00. The second kappa shape index (κ2) is 8.53. The summed E-state index contributed by atoms with van der Waals surface area (Å²) < 4.78 is 0. The summed E-state index contributed by atoms with van der Waals surface area (Å²) in [6, 6.07) is 15.4. The van der Waals surface area contributed by atoms with Crippen molar-refractivity contribution in [1.82, 2.24) is 9.97 Å². The van der Waals surface area contributed by atoms with Gasteiger partial charge in [-0.1, -0.05) is 17.2 Å². The Morgan fingerprint density at radius 2 is 1.50 bits per heavy atom. The average molecular weight is 402 g/mol. The average Bonchev–Trinajstić information content (AvgIpc) is 3.23. The van der Waals surface area contributed by atoms with E-state index in [-0.39, 0.29) is 5.91 Å². The van der Waals surface area contributed by atoms with Crippen LogP contribution in [0.25, 0.3) is 0 Å². The number of rotatable bonds is 5. The SMILES string of the molecule is Cc1cc(C)cc(C(=O)Nc2ccc(Nc3cc(C)nc(N4CCCC4)n3)cc2)c1. The van der Waals surface area contributed by atoms with Gasteiger partial charge in [-0.3, -0.25) is 4.79 Å². The van der Waals surface area contributed by atoms with Gasteiger partial charge in [-0.15, -0.1) is 0 Å². The van der Waals surface area contributed by atoms with E-state index in [2.05, 4.69) is 31.6 Å². The van der Waals surface area contributed by atoms with Crippen molar-refractivity contribution in [1.29, 1.82) is 0 Å². The lowest BCUT2D eigenvalue weighted by molar-refractivity contribution is 0.102. The monoisotopic (exact) mass is 401 g/mol. The molecule has 0 bridgehead atoms. The fraction of sp³-hybridized carbons (Fsp3) is 0.292. The van der Waals surface area contributed by atoms with E-state index >= 15 is 0 Å². The number of aromatic nitrogens is 2. The van der Waals surface area contributed by atoms with E-state index in [0.29, 0.717) is 5.56 Å². The number of carbonyl (C=O) groups is 1. The molecule has 0 radical (unpaired) electrons. The zero-order chi connectivity index (χ0) is 21.1. The van der Waals surface area contributed by atoms with Crippen molar-refractivity contribution in [3.05, 3.63) is 70.9 Å². The van der Waals surface area contributed by atoms with Gasteiger partial charge in [-0.25, -0.2) is 4.98 Å². The van der Waals surface area contributed by atoms with Crippen molar-refractivity contribution < 1.29 is 4.79 Å². The first-order chi connectivity index (χ1) is 14.5. The van der Waals surface area contributed by atoms with Crippen molar-refractivity contribution in [3.8, 4) is 0 Å². The zero-order valence-corrected chi connectivity index (χ0v) is 17.7. The van der Waals surface area contributed by atoms with Crippen LogP contribution in [0.5, 0.6) is 0 Å². The number of hydrogen-bond donors (Lipinski definition) is 2. The molecule has 6 heteroatoms. The second-order valence-corrected chi connectivity index (χ2v) is 7.92. The summed E-state index contributed by atoms with van der Waals surface area (Å²) in [5.74, 6) is 1.45. The van der Waals surface area contributed by atoms with Crippen molar-refractivity contribution >= 4 is 29.0 Å². The van der Waals surface area contributed by atoms with E-state index in [4.69, 9.17) is 0 Å². The highest BCUT2D eigenvalue weighted by molar-refractivity contribution is 6.04. The lowest BCUT2D eigenvalue weighted by atomic mass is 10.1. The molecule has 3 aromatic rings. The molecule has 1 saturated heterocycles. The molecule has 0 spiro atoms. The maximum Gasteiger partial charge on any atom is 0.255 e. The maximum atomic E-state index is 12.5. The minimum atomic E-state index is -0.107. The maximum absolute atomic E-state index is 12.5. The first-order valence-corrected chi connectivity index (χ1v) is 10.3. The van der Waals surface area contributed by atoms with Crippen LogP contribution in [0, 0.1) is 20.8 Å². The Bertz CT molecular complexity index is 1040. The van der Waals surface area contributed by atoms with Crippen LogP contribution >= 0.6 is 0 Å². The summed E-state index contributed by atoms with van der Waals surface area (Å²) >= 11 is 0. The van der Waals surface area contributed by atoms with Gasteiger partial charge < -0.3 is 15.5 Å². The third kappa shape index (κ3) is 4.76. The van der Waals surface area contributed by atoms with E-state index in [0.717, 1.165) is 53.1 Å². The molecule has 0 atom stereocenters. The molecule has 30 heavy (non-hydrogen) atoms. The van der Waals surface area contributed by atoms with E-state index in [1.54, 1.807) is 0 Å². The van der Waals surface area contributed by atoms with Gasteiger partial charge in [0.15, 0.2) is 0 Å². The van der Waals surface area contributed by atoms with Crippen LogP contribution in [0.4, 0.5) is 23.1 Å². The number of hydrogen-bond acceptors (Lipinski definition) is 5. The van der Waals surface area contributed by atoms with E-state index in [9.17, 15) is 4.79 Å². The summed E-state index contributed by atoms with van der Waals surface area (Å²) in [7, 11) is 0. The highest BCUT2D eigenvalue weighted by Crippen LogP contribution is 2.22. The highest BCUT2D eigenvalue weighted by Gasteiger charge is 2.16. The molecule has 0 saturated carbocycles. The van der Waals surface area contributed by atoms with Gasteiger partial charge >= 0.3 is 0 Å². The van der Waals surface area contributed by atoms with Gasteiger partial charge in [-0.2, -0.15) is 4.98 Å². The first-order valence-electron chi connectivity index (χ1n) is 10.3. The Labute approximate surface area is 177 Å². The summed E-state index contributed by atoms with van der Waals surface area (Å²) in [6.07, 6.45) is 2.38. The molecule has 1 amide bonds. The second-order valence-electron chi connectivity index (χ2n) is 7.92. The molecular weight excluding hydrogens is 374 g/mol. The number of aryl methyl sites for hydroxylation is 3. The van der Waals surface area contributed by atoms with Crippen molar-refractivity contribution in [2.75, 3.05) is 28.6 Å². The number of nitrogens with one attached hydrogen (secondary N) is 2. The molecule has 4 rings (SSSR count). The topological polar surface area (TPSA) is 70.2 Å². The number of benzene rings is 2. The van der Waals surface area contributed by atoms with Crippen LogP contribution in [-0.2, 0) is 0 Å². The van der Waals surface area contributed by atoms with Crippen molar-refractivity contribution in [2.24, 2.45) is 0 Å². The molecule has 1 aromatic heterocycles. The van der Waals surface area contributed by atoms with Gasteiger partial charge in [0, 0.05) is 41.8 Å². The van der Waals surface area contributed by atoms with Crippen molar-refractivity contribution in [3.63, 3.8) is 0 Å². The van der Waals surface area contributed by atoms with Gasteiger partial charge in [0.05, 0.1) is 0 Å². The van der Waals surface area contributed by atoms with Gasteiger partial charge in [-0.05, 0) is 70.0 Å². The fourth-order valence-electron chi connectivity index (χ4n) is 3.77. The molecule has 2 heterocycles. The fourth-order valence-corrected chi connectivity index (χ4v) is 3.77. The van der Waals surface area contributed by atoms with Gasteiger partial charge in [0.2, 0.25) is 5.95 Å². The van der Waals surface area contributed by atoms with E-state index in [1.807, 2.05) is 63.2 Å². The zero-order valence-electron chi connectivity index (χ0n) is 17.7. The minimum absolute atomic E-state index is 0.107. The third-order valence-electron chi connectivity index (χ3n) is 5.13. The van der Waals surface area contributed by atoms with Crippen LogP contribution in [-0.4, -0.2) is 29.0 Å². The smallest absolute Gasteiger partial charge is 0.255 e. The minimum Gasteiger partial charge on any atom is -0.341 e. The summed E-state index contributed by atoms with van der Waals surface area (Å²) in [4.78, 5) is 24.0. The number of nitrogens with zero attached hydrogens (tertiary/aromatic N) is 3. The molecule has 2 aromatic carbocycles. The Morgan fingerprint density at radius 1 is 0.867 bits per heavy atom. The van der Waals surface area contributed by atoms with Crippen LogP contribution in [0.3, 0.4) is 0 Å². The van der Waals surface area contributed by atoms with Crippen molar-refractivity contribution in [2.45, 2.75) is 33.6 Å². The molecule has 1 fully saturated rings. The molecule has 2 N–H and O–H groups in total. The van der Waals surface area contributed by atoms with E-state index < -0.39 is 0 Å². The quantitative estimate of drug-likeness (QED) is 0.630. The summed E-state index contributed by atoms with van der Waals surface area (Å²) in [5.41, 5.74) is 5.42. The molecule has 0 unspecified atom stereocenters. The number of anilines is 4. The lowest BCUT2D eigenvalue weighted by Crippen LogP contribution is -2.21. The molecule has 6 nitrogen and oxygen atoms in total. The van der Waals surface area contributed by atoms with Crippen LogP contribution < -0.4 is 15.5 Å². The van der Waals surface area contributed by atoms with Crippen LogP contribution in [0.15, 0.2) is 48.5 Å². The number of amides is 1. The summed E-state index contributed by atoms with van der Waals surface area (Å²) in [5, 5.41) is 6.31. The largest absolute Gasteiger partial charge is 0.341 e. The lowest BCUT2D eigenvalue weighted by Gasteiger charge is -2.17.